The van der Waals surface area contributed by atoms with Gasteiger partial charge in [0.1, 0.15) is 0 Å². The fraction of sp³-hybridized carbons (Fsp3) is 0.917. The molecule has 0 bridgehead atoms. The van der Waals surface area contributed by atoms with Gasteiger partial charge in [-0.3, -0.25) is 4.79 Å². The minimum Gasteiger partial charge on any atom is -0.293 e. The lowest BCUT2D eigenvalue weighted by Gasteiger charge is -2.46. The van der Waals surface area contributed by atoms with E-state index in [-0.39, 0.29) is 16.6 Å². The highest BCUT2D eigenvalue weighted by molar-refractivity contribution is 5.93. The zero-order valence-electron chi connectivity index (χ0n) is 10.8. The molecule has 1 atom stereocenters. The maximum Gasteiger partial charge on any atom is 0.200 e. The topological polar surface area (TPSA) is 35.5 Å². The van der Waals surface area contributed by atoms with Crippen molar-refractivity contribution in [2.45, 2.75) is 60.2 Å². The average Bonchev–Trinajstić information content (AvgIpc) is 2.26. The molecule has 0 radical (unpaired) electrons. The molecular weight excluding hydrogens is 192 g/mol. The van der Waals surface area contributed by atoms with Gasteiger partial charge >= 0.3 is 0 Å². The van der Waals surface area contributed by atoms with Gasteiger partial charge in [0, 0.05) is 10.8 Å². The number of rotatable bonds is 0. The molecule has 1 heterocycles. The Labute approximate surface area is 92.1 Å². The summed E-state index contributed by atoms with van der Waals surface area (Å²) < 4.78 is 0. The van der Waals surface area contributed by atoms with Crippen LogP contribution in [0.2, 0.25) is 0 Å². The summed E-state index contributed by atoms with van der Waals surface area (Å²) in [5.41, 5.74) is -1.43. The molecule has 1 rings (SSSR count). The van der Waals surface area contributed by atoms with Crippen LogP contribution in [0.3, 0.4) is 0 Å². The smallest absolute Gasteiger partial charge is 0.200 e. The summed E-state index contributed by atoms with van der Waals surface area (Å²) in [6.07, 6.45) is -0.469. The van der Waals surface area contributed by atoms with Crippen LogP contribution in [0.15, 0.2) is 0 Å². The molecule has 0 aromatic rings. The van der Waals surface area contributed by atoms with Crippen LogP contribution in [0, 0.1) is 10.8 Å². The molecule has 0 amide bonds. The number of ketones is 1. The minimum atomic E-state index is -0.862. The molecule has 1 aliphatic heterocycles. The largest absolute Gasteiger partial charge is 0.293 e. The first-order chi connectivity index (χ1) is 6.54. The van der Waals surface area contributed by atoms with Gasteiger partial charge in [-0.25, -0.2) is 9.78 Å². The molecule has 15 heavy (non-hydrogen) atoms. The Morgan fingerprint density at radius 1 is 1.07 bits per heavy atom. The molecule has 0 N–H and O–H groups in total. The van der Waals surface area contributed by atoms with Gasteiger partial charge in [0.25, 0.3) is 0 Å². The summed E-state index contributed by atoms with van der Waals surface area (Å²) in [7, 11) is 0. The molecule has 1 aliphatic rings. The highest BCUT2D eigenvalue weighted by Gasteiger charge is 2.63. The predicted molar refractivity (Wildman–Crippen MR) is 58.3 cm³/mol. The van der Waals surface area contributed by atoms with Gasteiger partial charge in [0.2, 0.25) is 5.78 Å². The molecule has 88 valence electrons. The van der Waals surface area contributed by atoms with Gasteiger partial charge < -0.3 is 0 Å². The maximum absolute atomic E-state index is 12.3. The summed E-state index contributed by atoms with van der Waals surface area (Å²) >= 11 is 0. The molecular formula is C12H22O3. The molecule has 3 nitrogen and oxygen atoms in total. The Kier molecular flexibility index (Phi) is 2.78. The molecule has 0 aliphatic carbocycles. The molecule has 1 unspecified atom stereocenters. The van der Waals surface area contributed by atoms with Gasteiger partial charge in [0.15, 0.2) is 11.7 Å². The SMILES string of the molecule is CC1OOC(C(C)(C)C)(C(C)(C)C)C1=O. The van der Waals surface area contributed by atoms with Crippen molar-refractivity contribution in [3.63, 3.8) is 0 Å². The molecule has 0 spiro atoms. The second-order valence-electron chi connectivity index (χ2n) is 6.37. The number of Topliss-reactive ketones (excluding diaryl/α,β-unsaturated/α-hetero) is 1. The number of hydrogen-bond donors (Lipinski definition) is 0. The van der Waals surface area contributed by atoms with E-state index in [1.54, 1.807) is 6.92 Å². The lowest BCUT2D eigenvalue weighted by molar-refractivity contribution is -0.361. The van der Waals surface area contributed by atoms with Crippen molar-refractivity contribution < 1.29 is 14.6 Å². The van der Waals surface area contributed by atoms with E-state index in [0.717, 1.165) is 0 Å². The van der Waals surface area contributed by atoms with E-state index in [1.807, 2.05) is 41.5 Å². The summed E-state index contributed by atoms with van der Waals surface area (Å²) in [5, 5.41) is 0. The number of hydrogen-bond acceptors (Lipinski definition) is 3. The Morgan fingerprint density at radius 2 is 1.47 bits per heavy atom. The zero-order chi connectivity index (χ0) is 12.1. The van der Waals surface area contributed by atoms with Crippen molar-refractivity contribution in [1.29, 1.82) is 0 Å². The van der Waals surface area contributed by atoms with E-state index in [9.17, 15) is 4.79 Å². The van der Waals surface area contributed by atoms with Gasteiger partial charge in [0.05, 0.1) is 0 Å². The fourth-order valence-electron chi connectivity index (χ4n) is 2.63. The third kappa shape index (κ3) is 1.62. The number of carbonyl (C=O) groups excluding carboxylic acids is 1. The highest BCUT2D eigenvalue weighted by Crippen LogP contribution is 2.51. The van der Waals surface area contributed by atoms with E-state index >= 15 is 0 Å². The predicted octanol–water partition coefficient (Wildman–Crippen LogP) is 2.74. The third-order valence-corrected chi connectivity index (χ3v) is 3.15. The number of carbonyl (C=O) groups is 1. The maximum atomic E-state index is 12.3. The Hall–Kier alpha value is -0.410. The standard InChI is InChI=1S/C12H22O3/c1-8-9(13)12(15-14-8,10(2,3)4)11(5,6)7/h8H,1-7H3. The van der Waals surface area contributed by atoms with Crippen LogP contribution in [0.5, 0.6) is 0 Å². The van der Waals surface area contributed by atoms with E-state index in [1.165, 1.54) is 0 Å². The normalized spacial score (nSPS) is 27.1. The van der Waals surface area contributed by atoms with E-state index in [2.05, 4.69) is 0 Å². The van der Waals surface area contributed by atoms with E-state index in [0.29, 0.717) is 0 Å². The monoisotopic (exact) mass is 214 g/mol. The van der Waals surface area contributed by atoms with Crippen molar-refractivity contribution in [3.05, 3.63) is 0 Å². The summed E-state index contributed by atoms with van der Waals surface area (Å²) in [5.74, 6) is 0.0440. The van der Waals surface area contributed by atoms with E-state index < -0.39 is 11.7 Å². The highest BCUT2D eigenvalue weighted by atomic mass is 17.2. The molecule has 1 fully saturated rings. The van der Waals surface area contributed by atoms with Gasteiger partial charge in [-0.1, -0.05) is 41.5 Å². The van der Waals surface area contributed by atoms with Crippen LogP contribution in [0.4, 0.5) is 0 Å². The average molecular weight is 214 g/mol. The Bertz CT molecular complexity index is 254. The first-order valence-electron chi connectivity index (χ1n) is 5.43. The fourth-order valence-corrected chi connectivity index (χ4v) is 2.63. The third-order valence-electron chi connectivity index (χ3n) is 3.15. The second-order valence-corrected chi connectivity index (χ2v) is 6.37. The van der Waals surface area contributed by atoms with Crippen molar-refractivity contribution in [2.75, 3.05) is 0 Å². The molecule has 0 aromatic carbocycles. The summed E-state index contributed by atoms with van der Waals surface area (Å²) in [6, 6.07) is 0. The lowest BCUT2D eigenvalue weighted by atomic mass is 9.60. The molecule has 1 saturated heterocycles. The second kappa shape index (κ2) is 3.29. The Balaban J connectivity index is 3.28. The first-order valence-corrected chi connectivity index (χ1v) is 5.43. The summed E-state index contributed by atoms with van der Waals surface area (Å²) in [4.78, 5) is 22.8. The molecule has 3 heteroatoms. The van der Waals surface area contributed by atoms with Crippen LogP contribution < -0.4 is 0 Å². The van der Waals surface area contributed by atoms with Crippen LogP contribution in [-0.4, -0.2) is 17.5 Å². The van der Waals surface area contributed by atoms with E-state index in [4.69, 9.17) is 9.78 Å². The quantitative estimate of drug-likeness (QED) is 0.582. The van der Waals surface area contributed by atoms with Crippen LogP contribution in [0.1, 0.15) is 48.5 Å². The van der Waals surface area contributed by atoms with Gasteiger partial charge in [-0.05, 0) is 6.92 Å². The Morgan fingerprint density at radius 3 is 1.60 bits per heavy atom. The summed E-state index contributed by atoms with van der Waals surface area (Å²) in [6.45, 7) is 13.8. The van der Waals surface area contributed by atoms with Crippen LogP contribution >= 0.6 is 0 Å². The van der Waals surface area contributed by atoms with Crippen molar-refractivity contribution >= 4 is 5.78 Å². The zero-order valence-corrected chi connectivity index (χ0v) is 10.8. The van der Waals surface area contributed by atoms with Crippen molar-refractivity contribution in [1.82, 2.24) is 0 Å². The van der Waals surface area contributed by atoms with Crippen molar-refractivity contribution in [3.8, 4) is 0 Å². The van der Waals surface area contributed by atoms with Crippen molar-refractivity contribution in [2.24, 2.45) is 10.8 Å². The van der Waals surface area contributed by atoms with Crippen LogP contribution in [0.25, 0.3) is 0 Å². The van der Waals surface area contributed by atoms with Crippen LogP contribution in [-0.2, 0) is 14.6 Å². The minimum absolute atomic E-state index is 0.0440. The molecule has 0 saturated carbocycles. The first kappa shape index (κ1) is 12.7. The molecule has 0 aromatic heterocycles. The van der Waals surface area contributed by atoms with Gasteiger partial charge in [-0.15, -0.1) is 0 Å². The lowest BCUT2D eigenvalue weighted by Crippen LogP contribution is -2.58. The van der Waals surface area contributed by atoms with Gasteiger partial charge in [-0.2, -0.15) is 0 Å².